The molecule has 0 unspecified atom stereocenters. The van der Waals surface area contributed by atoms with Crippen molar-refractivity contribution in [1.82, 2.24) is 0 Å². The monoisotopic (exact) mass is 276 g/mol. The highest BCUT2D eigenvalue weighted by Crippen LogP contribution is 1.93. The van der Waals surface area contributed by atoms with Crippen molar-refractivity contribution in [1.29, 1.82) is 0 Å². The Hall–Kier alpha value is -2.23. The Morgan fingerprint density at radius 2 is 0.952 bits per heavy atom. The van der Waals surface area contributed by atoms with Crippen LogP contribution in [0.25, 0.3) is 0 Å². The van der Waals surface area contributed by atoms with Gasteiger partial charge in [-0.25, -0.2) is 0 Å². The van der Waals surface area contributed by atoms with Gasteiger partial charge in [-0.3, -0.25) is 0 Å². The molecule has 1 aromatic heterocycles. The van der Waals surface area contributed by atoms with Crippen molar-refractivity contribution in [2.75, 3.05) is 0 Å². The zero-order chi connectivity index (χ0) is 14.7. The van der Waals surface area contributed by atoms with Crippen LogP contribution in [0.1, 0.15) is 0 Å². The molecule has 21 heavy (non-hydrogen) atoms. The maximum Gasteiger partial charge on any atom is 0.399 e. The van der Waals surface area contributed by atoms with E-state index in [9.17, 15) is 10.0 Å². The van der Waals surface area contributed by atoms with Crippen LogP contribution in [-0.4, -0.2) is 23.9 Å². The minimum Gasteiger partial charge on any atom is -0.479 e. The number of furan rings is 1. The van der Waals surface area contributed by atoms with E-state index in [4.69, 9.17) is 4.42 Å². The van der Waals surface area contributed by atoms with Gasteiger partial charge in [0.2, 0.25) is 0 Å². The van der Waals surface area contributed by atoms with E-state index in [-0.39, 0.29) is 0 Å². The first-order chi connectivity index (χ1) is 10.3. The second-order valence-corrected chi connectivity index (χ2v) is 4.87. The van der Waals surface area contributed by atoms with Gasteiger partial charge in [0, 0.05) is 0 Å². The third-order valence-electron chi connectivity index (χ3n) is 3.42. The Morgan fingerprint density at radius 3 is 1.33 bits per heavy atom. The average Bonchev–Trinajstić information content (AvgIpc) is 3.05. The van der Waals surface area contributed by atoms with Crippen LogP contribution >= 0.6 is 0 Å². The van der Waals surface area contributed by atoms with Gasteiger partial charge in [0.15, 0.2) is 0 Å². The van der Waals surface area contributed by atoms with Crippen molar-refractivity contribution in [3.63, 3.8) is 0 Å². The number of rotatable bonds is 4. The summed E-state index contributed by atoms with van der Waals surface area (Å²) in [5.41, 5.74) is 2.36. The van der Waals surface area contributed by atoms with Gasteiger partial charge in [-0.2, -0.15) is 0 Å². The number of hydrogen-bond acceptors (Lipinski definition) is 3. The second kappa shape index (κ2) is 6.04. The molecule has 0 atom stereocenters. The lowest BCUT2D eigenvalue weighted by molar-refractivity contribution is 0.548. The normalized spacial score (nSPS) is 10.4. The molecule has 0 aliphatic carbocycles. The zero-order valence-electron chi connectivity index (χ0n) is 11.4. The predicted octanol–water partition coefficient (Wildman–Crippen LogP) is -0.524. The molecule has 3 aromatic rings. The van der Waals surface area contributed by atoms with Crippen molar-refractivity contribution in [2.45, 2.75) is 0 Å². The number of hydrogen-bond donors (Lipinski definition) is 2. The molecule has 3 nitrogen and oxygen atoms in total. The highest BCUT2D eigenvalue weighted by molar-refractivity contribution is 6.80. The minimum atomic E-state index is -0.831. The highest BCUT2D eigenvalue weighted by atomic mass is 16.4. The van der Waals surface area contributed by atoms with Crippen LogP contribution in [0.4, 0.5) is 0 Å². The molecule has 1 heterocycles. The first-order valence-corrected chi connectivity index (χ1v) is 6.81. The maximum atomic E-state index is 10.3. The molecular formula is C16H14B2O3. The Labute approximate surface area is 124 Å². The van der Waals surface area contributed by atoms with Crippen LogP contribution in [0.15, 0.2) is 77.2 Å². The minimum absolute atomic E-state index is 0.422. The molecule has 0 saturated heterocycles. The fourth-order valence-electron chi connectivity index (χ4n) is 2.26. The number of benzene rings is 2. The van der Waals surface area contributed by atoms with E-state index < -0.39 is 13.8 Å². The lowest BCUT2D eigenvalue weighted by Crippen LogP contribution is -2.44. The molecule has 0 radical (unpaired) electrons. The summed E-state index contributed by atoms with van der Waals surface area (Å²) in [6.07, 6.45) is 0. The first kappa shape index (κ1) is 13.7. The van der Waals surface area contributed by atoms with Gasteiger partial charge in [-0.15, -0.1) is 0 Å². The van der Waals surface area contributed by atoms with E-state index in [1.807, 2.05) is 60.7 Å². The molecule has 0 fully saturated rings. The van der Waals surface area contributed by atoms with Gasteiger partial charge >= 0.3 is 13.8 Å². The van der Waals surface area contributed by atoms with E-state index in [1.54, 1.807) is 12.1 Å². The van der Waals surface area contributed by atoms with Crippen LogP contribution < -0.4 is 22.2 Å². The molecular weight excluding hydrogens is 262 g/mol. The Morgan fingerprint density at radius 1 is 0.571 bits per heavy atom. The molecule has 0 aliphatic heterocycles. The summed E-state index contributed by atoms with van der Waals surface area (Å²) in [5, 5.41) is 20.6. The zero-order valence-corrected chi connectivity index (χ0v) is 11.4. The Balaban J connectivity index is 1.84. The maximum absolute atomic E-state index is 10.3. The third-order valence-corrected chi connectivity index (χ3v) is 3.42. The summed E-state index contributed by atoms with van der Waals surface area (Å²) in [6, 6.07) is 22.0. The van der Waals surface area contributed by atoms with Crippen LogP contribution in [-0.2, 0) is 0 Å². The van der Waals surface area contributed by atoms with Crippen molar-refractivity contribution < 1.29 is 14.5 Å². The summed E-state index contributed by atoms with van der Waals surface area (Å²) in [7, 11) is 0. The van der Waals surface area contributed by atoms with E-state index >= 15 is 0 Å². The van der Waals surface area contributed by atoms with Gasteiger partial charge in [-0.05, 0) is 23.1 Å². The predicted molar refractivity (Wildman–Crippen MR) is 86.1 cm³/mol. The second-order valence-electron chi connectivity index (χ2n) is 4.87. The standard InChI is InChI=1S/C16H14B2O3/c19-17(13-7-3-1-4-8-13)15-11-12-16(21-15)18(20)14-9-5-2-6-10-14/h1-12,19-20H. The summed E-state index contributed by atoms with van der Waals surface area (Å²) in [6.45, 7) is -1.66. The van der Waals surface area contributed by atoms with Gasteiger partial charge < -0.3 is 14.5 Å². The Kier molecular flexibility index (Phi) is 3.95. The fourth-order valence-corrected chi connectivity index (χ4v) is 2.26. The SMILES string of the molecule is OB(c1ccccc1)c1ccc(B(O)c2ccccc2)o1. The third kappa shape index (κ3) is 2.94. The Bertz CT molecular complexity index is 638. The largest absolute Gasteiger partial charge is 0.479 e. The van der Waals surface area contributed by atoms with Crippen LogP contribution in [0.5, 0.6) is 0 Å². The first-order valence-electron chi connectivity index (χ1n) is 6.81. The summed E-state index contributed by atoms with van der Waals surface area (Å²) in [5.74, 6) is 0. The van der Waals surface area contributed by atoms with Gasteiger partial charge in [0.1, 0.15) is 11.3 Å². The lowest BCUT2D eigenvalue weighted by Gasteiger charge is -2.05. The molecule has 0 spiro atoms. The van der Waals surface area contributed by atoms with Gasteiger partial charge in [0.25, 0.3) is 0 Å². The molecule has 3 rings (SSSR count). The van der Waals surface area contributed by atoms with Crippen LogP contribution in [0, 0.1) is 0 Å². The van der Waals surface area contributed by atoms with E-state index in [2.05, 4.69) is 0 Å². The molecule has 0 aliphatic rings. The van der Waals surface area contributed by atoms with E-state index in [0.29, 0.717) is 11.3 Å². The van der Waals surface area contributed by atoms with E-state index in [0.717, 1.165) is 10.9 Å². The molecule has 2 aromatic carbocycles. The van der Waals surface area contributed by atoms with Crippen LogP contribution in [0.3, 0.4) is 0 Å². The lowest BCUT2D eigenvalue weighted by atomic mass is 9.59. The molecule has 5 heteroatoms. The topological polar surface area (TPSA) is 53.6 Å². The summed E-state index contributed by atoms with van der Waals surface area (Å²) >= 11 is 0. The van der Waals surface area contributed by atoms with Gasteiger partial charge in [0.05, 0.1) is 0 Å². The smallest absolute Gasteiger partial charge is 0.399 e. The van der Waals surface area contributed by atoms with E-state index in [1.165, 1.54) is 0 Å². The highest BCUT2D eigenvalue weighted by Gasteiger charge is 2.25. The van der Waals surface area contributed by atoms with Crippen molar-refractivity contribution in [3.8, 4) is 0 Å². The van der Waals surface area contributed by atoms with Crippen molar-refractivity contribution >= 4 is 36.1 Å². The average molecular weight is 276 g/mol. The quantitative estimate of drug-likeness (QED) is 0.630. The fraction of sp³-hybridized carbons (Fsp3) is 0. The summed E-state index contributed by atoms with van der Waals surface area (Å²) in [4.78, 5) is 0. The summed E-state index contributed by atoms with van der Waals surface area (Å²) < 4.78 is 5.62. The molecule has 0 bridgehead atoms. The van der Waals surface area contributed by atoms with Crippen molar-refractivity contribution in [3.05, 3.63) is 72.8 Å². The van der Waals surface area contributed by atoms with Gasteiger partial charge in [-0.1, -0.05) is 60.7 Å². The molecule has 0 saturated carbocycles. The van der Waals surface area contributed by atoms with Crippen LogP contribution in [0.2, 0.25) is 0 Å². The molecule has 2 N–H and O–H groups in total. The van der Waals surface area contributed by atoms with Crippen molar-refractivity contribution in [2.24, 2.45) is 0 Å². The molecule has 102 valence electrons. The molecule has 0 amide bonds.